The van der Waals surface area contributed by atoms with Crippen molar-refractivity contribution >= 4 is 26.8 Å². The Labute approximate surface area is 136 Å². The van der Waals surface area contributed by atoms with Crippen molar-refractivity contribution in [3.63, 3.8) is 0 Å². The van der Waals surface area contributed by atoms with Crippen LogP contribution in [0.3, 0.4) is 0 Å². The normalized spacial score (nSPS) is 11.0. The Hall–Kier alpha value is -2.46. The van der Waals surface area contributed by atoms with E-state index in [1.54, 1.807) is 12.4 Å². The lowest BCUT2D eigenvalue weighted by Gasteiger charge is -2.08. The molecular formula is C18H12BrN3. The minimum absolute atomic E-state index is 0.679. The van der Waals surface area contributed by atoms with Gasteiger partial charge in [0.2, 0.25) is 5.95 Å². The van der Waals surface area contributed by atoms with Gasteiger partial charge in [-0.25, -0.2) is 9.97 Å². The van der Waals surface area contributed by atoms with E-state index < -0.39 is 0 Å². The number of hydrogen-bond donors (Lipinski definition) is 0. The summed E-state index contributed by atoms with van der Waals surface area (Å²) in [5.74, 6) is 0.679. The zero-order valence-electron chi connectivity index (χ0n) is 11.6. The SMILES string of the molecule is Brc1ccc2c(c1)cc(-c1ccccc1)n2-c1ncccn1. The minimum Gasteiger partial charge on any atom is -0.278 e. The quantitative estimate of drug-likeness (QED) is 0.517. The van der Waals surface area contributed by atoms with E-state index in [0.717, 1.165) is 26.6 Å². The predicted molar refractivity (Wildman–Crippen MR) is 92.0 cm³/mol. The fourth-order valence-corrected chi connectivity index (χ4v) is 3.01. The van der Waals surface area contributed by atoms with Crippen molar-refractivity contribution in [2.24, 2.45) is 0 Å². The number of aromatic nitrogens is 3. The monoisotopic (exact) mass is 349 g/mol. The van der Waals surface area contributed by atoms with Crippen molar-refractivity contribution in [3.05, 3.63) is 77.5 Å². The van der Waals surface area contributed by atoms with Crippen molar-refractivity contribution in [1.82, 2.24) is 14.5 Å². The van der Waals surface area contributed by atoms with Gasteiger partial charge in [-0.05, 0) is 35.9 Å². The predicted octanol–water partition coefficient (Wildman–Crippen LogP) is 4.85. The van der Waals surface area contributed by atoms with Crippen molar-refractivity contribution in [3.8, 4) is 17.2 Å². The van der Waals surface area contributed by atoms with Crippen LogP contribution in [0.25, 0.3) is 28.1 Å². The van der Waals surface area contributed by atoms with Gasteiger partial charge in [-0.15, -0.1) is 0 Å². The zero-order valence-corrected chi connectivity index (χ0v) is 13.2. The molecule has 0 aliphatic rings. The van der Waals surface area contributed by atoms with E-state index in [-0.39, 0.29) is 0 Å². The van der Waals surface area contributed by atoms with Gasteiger partial charge in [-0.1, -0.05) is 46.3 Å². The lowest BCUT2D eigenvalue weighted by atomic mass is 10.1. The van der Waals surface area contributed by atoms with Gasteiger partial charge in [-0.3, -0.25) is 4.57 Å². The van der Waals surface area contributed by atoms with Crippen LogP contribution in [0.1, 0.15) is 0 Å². The molecule has 3 nitrogen and oxygen atoms in total. The highest BCUT2D eigenvalue weighted by molar-refractivity contribution is 9.10. The Balaban J connectivity index is 2.07. The Bertz CT molecular complexity index is 931. The fourth-order valence-electron chi connectivity index (χ4n) is 2.63. The van der Waals surface area contributed by atoms with E-state index in [1.165, 1.54) is 0 Å². The number of hydrogen-bond acceptors (Lipinski definition) is 2. The van der Waals surface area contributed by atoms with Crippen LogP contribution in [0.4, 0.5) is 0 Å². The standard InChI is InChI=1S/C18H12BrN3/c19-15-7-8-16-14(11-15)12-17(13-5-2-1-3-6-13)22(16)18-20-9-4-10-21-18/h1-12H. The Kier molecular flexibility index (Phi) is 3.24. The van der Waals surface area contributed by atoms with Gasteiger partial charge >= 0.3 is 0 Å². The highest BCUT2D eigenvalue weighted by atomic mass is 79.9. The molecule has 106 valence electrons. The van der Waals surface area contributed by atoms with Crippen molar-refractivity contribution in [2.75, 3.05) is 0 Å². The summed E-state index contributed by atoms with van der Waals surface area (Å²) in [6, 6.07) is 20.5. The summed E-state index contributed by atoms with van der Waals surface area (Å²) in [4.78, 5) is 8.84. The molecule has 0 aliphatic heterocycles. The molecule has 2 aromatic carbocycles. The summed E-state index contributed by atoms with van der Waals surface area (Å²) in [6.45, 7) is 0. The molecule has 0 aliphatic carbocycles. The van der Waals surface area contributed by atoms with Crippen LogP contribution in [0, 0.1) is 0 Å². The average Bonchev–Trinajstić information content (AvgIpc) is 2.95. The smallest absolute Gasteiger partial charge is 0.234 e. The first-order chi connectivity index (χ1) is 10.8. The van der Waals surface area contributed by atoms with E-state index in [1.807, 2.05) is 30.3 Å². The molecule has 2 aromatic heterocycles. The third kappa shape index (κ3) is 2.22. The summed E-state index contributed by atoms with van der Waals surface area (Å²) in [5, 5.41) is 1.15. The molecule has 0 atom stereocenters. The van der Waals surface area contributed by atoms with Crippen LogP contribution < -0.4 is 0 Å². The van der Waals surface area contributed by atoms with Crippen LogP contribution in [0.2, 0.25) is 0 Å². The Morgan fingerprint density at radius 1 is 0.818 bits per heavy atom. The molecule has 0 spiro atoms. The molecule has 22 heavy (non-hydrogen) atoms. The van der Waals surface area contributed by atoms with E-state index in [2.05, 4.69) is 60.8 Å². The van der Waals surface area contributed by atoms with Crippen LogP contribution in [0.15, 0.2) is 77.5 Å². The van der Waals surface area contributed by atoms with E-state index >= 15 is 0 Å². The second-order valence-corrected chi connectivity index (χ2v) is 5.90. The van der Waals surface area contributed by atoms with Gasteiger partial charge < -0.3 is 0 Å². The molecular weight excluding hydrogens is 338 g/mol. The van der Waals surface area contributed by atoms with E-state index in [9.17, 15) is 0 Å². The van der Waals surface area contributed by atoms with Gasteiger partial charge in [0.05, 0.1) is 11.2 Å². The molecule has 0 N–H and O–H groups in total. The highest BCUT2D eigenvalue weighted by Crippen LogP contribution is 2.31. The van der Waals surface area contributed by atoms with Gasteiger partial charge in [0.15, 0.2) is 0 Å². The average molecular weight is 350 g/mol. The molecule has 0 radical (unpaired) electrons. The van der Waals surface area contributed by atoms with Crippen LogP contribution in [-0.4, -0.2) is 14.5 Å². The third-order valence-corrected chi connectivity index (χ3v) is 4.08. The van der Waals surface area contributed by atoms with Crippen LogP contribution >= 0.6 is 15.9 Å². The summed E-state index contributed by atoms with van der Waals surface area (Å²) in [5.41, 5.74) is 3.32. The first-order valence-electron chi connectivity index (χ1n) is 6.97. The maximum Gasteiger partial charge on any atom is 0.234 e. The van der Waals surface area contributed by atoms with Crippen LogP contribution in [-0.2, 0) is 0 Å². The summed E-state index contributed by atoms with van der Waals surface area (Å²) in [6.07, 6.45) is 3.53. The molecule has 2 heterocycles. The van der Waals surface area contributed by atoms with Crippen molar-refractivity contribution in [1.29, 1.82) is 0 Å². The largest absolute Gasteiger partial charge is 0.278 e. The molecule has 0 bridgehead atoms. The van der Waals surface area contributed by atoms with E-state index in [4.69, 9.17) is 0 Å². The Morgan fingerprint density at radius 3 is 2.36 bits per heavy atom. The first-order valence-corrected chi connectivity index (χ1v) is 7.76. The summed E-state index contributed by atoms with van der Waals surface area (Å²) in [7, 11) is 0. The van der Waals surface area contributed by atoms with Gasteiger partial charge in [0, 0.05) is 22.3 Å². The number of benzene rings is 2. The first kappa shape index (κ1) is 13.2. The highest BCUT2D eigenvalue weighted by Gasteiger charge is 2.13. The van der Waals surface area contributed by atoms with Crippen molar-refractivity contribution < 1.29 is 0 Å². The minimum atomic E-state index is 0.679. The molecule has 4 heteroatoms. The number of rotatable bonds is 2. The Morgan fingerprint density at radius 2 is 1.59 bits per heavy atom. The number of nitrogens with zero attached hydrogens (tertiary/aromatic N) is 3. The van der Waals surface area contributed by atoms with Gasteiger partial charge in [0.25, 0.3) is 0 Å². The number of fused-ring (bicyclic) bond motifs is 1. The van der Waals surface area contributed by atoms with E-state index in [0.29, 0.717) is 5.95 Å². The zero-order chi connectivity index (χ0) is 14.9. The maximum absolute atomic E-state index is 4.42. The molecule has 4 aromatic rings. The molecule has 0 saturated heterocycles. The van der Waals surface area contributed by atoms with Crippen LogP contribution in [0.5, 0.6) is 0 Å². The molecule has 0 amide bonds. The summed E-state index contributed by atoms with van der Waals surface area (Å²) < 4.78 is 3.16. The lowest BCUT2D eigenvalue weighted by Crippen LogP contribution is -2.01. The molecule has 0 saturated carbocycles. The summed E-state index contributed by atoms with van der Waals surface area (Å²) >= 11 is 3.54. The lowest BCUT2D eigenvalue weighted by molar-refractivity contribution is 0.968. The maximum atomic E-state index is 4.42. The molecule has 4 rings (SSSR count). The van der Waals surface area contributed by atoms with Gasteiger partial charge in [-0.2, -0.15) is 0 Å². The van der Waals surface area contributed by atoms with Crippen molar-refractivity contribution in [2.45, 2.75) is 0 Å². The second-order valence-electron chi connectivity index (χ2n) is 4.98. The number of halogens is 1. The topological polar surface area (TPSA) is 30.7 Å². The molecule has 0 fully saturated rings. The third-order valence-electron chi connectivity index (χ3n) is 3.59. The fraction of sp³-hybridized carbons (Fsp3) is 0. The molecule has 0 unspecified atom stereocenters. The van der Waals surface area contributed by atoms with Gasteiger partial charge in [0.1, 0.15) is 0 Å². The second kappa shape index (κ2) is 5.39.